The maximum absolute atomic E-state index is 11.9. The molecule has 110 valence electrons. The molecule has 3 heterocycles. The van der Waals surface area contributed by atoms with Gasteiger partial charge in [-0.25, -0.2) is 9.97 Å². The van der Waals surface area contributed by atoms with Crippen LogP contribution in [0.3, 0.4) is 0 Å². The van der Waals surface area contributed by atoms with Crippen molar-refractivity contribution in [2.75, 3.05) is 31.2 Å². The Kier molecular flexibility index (Phi) is 4.42. The van der Waals surface area contributed by atoms with Crippen LogP contribution in [0.2, 0.25) is 0 Å². The van der Waals surface area contributed by atoms with Crippen LogP contribution in [0.4, 0.5) is 5.95 Å². The third kappa shape index (κ3) is 3.56. The molecule has 0 unspecified atom stereocenters. The van der Waals surface area contributed by atoms with Crippen LogP contribution in [0, 0.1) is 0 Å². The molecule has 1 N–H and O–H groups in total. The summed E-state index contributed by atoms with van der Waals surface area (Å²) >= 11 is 1.51. The van der Waals surface area contributed by atoms with E-state index in [-0.39, 0.29) is 5.91 Å². The summed E-state index contributed by atoms with van der Waals surface area (Å²) in [6.45, 7) is 3.38. The molecular formula is C14H16N4O2S. The van der Waals surface area contributed by atoms with Gasteiger partial charge in [0, 0.05) is 30.2 Å². The van der Waals surface area contributed by atoms with E-state index in [4.69, 9.17) is 4.74 Å². The van der Waals surface area contributed by atoms with Crippen LogP contribution in [0.5, 0.6) is 0 Å². The first-order valence-electron chi connectivity index (χ1n) is 6.78. The highest BCUT2D eigenvalue weighted by Crippen LogP contribution is 2.10. The van der Waals surface area contributed by atoms with Gasteiger partial charge in [-0.1, -0.05) is 0 Å². The Bertz CT molecular complexity index is 597. The van der Waals surface area contributed by atoms with E-state index in [1.165, 1.54) is 11.3 Å². The first-order valence-corrected chi connectivity index (χ1v) is 7.72. The second-order valence-electron chi connectivity index (χ2n) is 4.64. The molecule has 0 atom stereocenters. The number of ether oxygens (including phenoxy) is 1. The van der Waals surface area contributed by atoms with Crippen molar-refractivity contribution in [2.24, 2.45) is 0 Å². The Morgan fingerprint density at radius 3 is 3.00 bits per heavy atom. The van der Waals surface area contributed by atoms with Gasteiger partial charge >= 0.3 is 0 Å². The van der Waals surface area contributed by atoms with Gasteiger partial charge in [-0.3, -0.25) is 4.79 Å². The summed E-state index contributed by atoms with van der Waals surface area (Å²) in [5.74, 6) is 0.614. The average molecular weight is 304 g/mol. The zero-order chi connectivity index (χ0) is 14.5. The molecule has 0 radical (unpaired) electrons. The maximum atomic E-state index is 11.9. The van der Waals surface area contributed by atoms with Crippen LogP contribution >= 0.6 is 11.3 Å². The van der Waals surface area contributed by atoms with Crippen LogP contribution < -0.4 is 10.2 Å². The summed E-state index contributed by atoms with van der Waals surface area (Å²) in [4.78, 5) is 22.8. The van der Waals surface area contributed by atoms with Crippen molar-refractivity contribution in [1.29, 1.82) is 0 Å². The third-order valence-electron chi connectivity index (χ3n) is 3.21. The summed E-state index contributed by atoms with van der Waals surface area (Å²) in [6.07, 6.45) is 1.73. The van der Waals surface area contributed by atoms with E-state index in [0.29, 0.717) is 31.3 Å². The molecule has 6 nitrogen and oxygen atoms in total. The minimum Gasteiger partial charge on any atom is -0.378 e. The number of morpholine rings is 1. The minimum absolute atomic E-state index is 0.0808. The number of carbonyl (C=O) groups excluding carboxylic acids is 1. The van der Waals surface area contributed by atoms with Gasteiger partial charge in [-0.15, -0.1) is 0 Å². The van der Waals surface area contributed by atoms with Crippen LogP contribution in [0.1, 0.15) is 16.1 Å². The first-order chi connectivity index (χ1) is 10.3. The number of nitrogens with one attached hydrogen (secondary N) is 1. The third-order valence-corrected chi connectivity index (χ3v) is 3.89. The summed E-state index contributed by atoms with van der Waals surface area (Å²) in [5.41, 5.74) is 1.48. The Hall–Kier alpha value is -1.99. The number of hydrogen-bond acceptors (Lipinski definition) is 6. The van der Waals surface area contributed by atoms with Crippen LogP contribution in [-0.4, -0.2) is 42.2 Å². The van der Waals surface area contributed by atoms with E-state index in [1.807, 2.05) is 16.8 Å². The molecule has 0 bridgehead atoms. The number of aromatic nitrogens is 2. The predicted molar refractivity (Wildman–Crippen MR) is 80.6 cm³/mol. The zero-order valence-electron chi connectivity index (χ0n) is 11.5. The lowest BCUT2D eigenvalue weighted by Crippen LogP contribution is -2.37. The highest BCUT2D eigenvalue weighted by molar-refractivity contribution is 7.08. The number of hydrogen-bond donors (Lipinski definition) is 1. The summed E-state index contributed by atoms with van der Waals surface area (Å²) in [5, 5.41) is 6.58. The van der Waals surface area contributed by atoms with E-state index < -0.39 is 0 Å². The SMILES string of the molecule is O=C(NCc1ccnc(N2CCOCC2)n1)c1ccsc1. The molecule has 1 amide bonds. The molecule has 2 aromatic rings. The van der Waals surface area contributed by atoms with Crippen molar-refractivity contribution in [3.8, 4) is 0 Å². The maximum Gasteiger partial charge on any atom is 0.252 e. The minimum atomic E-state index is -0.0808. The fraction of sp³-hybridized carbons (Fsp3) is 0.357. The Balaban J connectivity index is 1.62. The van der Waals surface area contributed by atoms with Crippen molar-refractivity contribution in [2.45, 2.75) is 6.54 Å². The molecule has 7 heteroatoms. The van der Waals surface area contributed by atoms with Crippen molar-refractivity contribution < 1.29 is 9.53 Å². The lowest BCUT2D eigenvalue weighted by Gasteiger charge is -2.26. The lowest BCUT2D eigenvalue weighted by atomic mass is 10.3. The van der Waals surface area contributed by atoms with E-state index in [1.54, 1.807) is 12.3 Å². The van der Waals surface area contributed by atoms with Gasteiger partial charge in [-0.2, -0.15) is 11.3 Å². The highest BCUT2D eigenvalue weighted by Gasteiger charge is 2.14. The van der Waals surface area contributed by atoms with Gasteiger partial charge in [0.15, 0.2) is 0 Å². The molecule has 1 aliphatic rings. The largest absolute Gasteiger partial charge is 0.378 e. The normalized spacial score (nSPS) is 15.0. The molecule has 2 aromatic heterocycles. The van der Waals surface area contributed by atoms with Gasteiger partial charge in [-0.05, 0) is 17.5 Å². The number of amides is 1. The molecule has 1 saturated heterocycles. The van der Waals surface area contributed by atoms with Gasteiger partial charge in [0.2, 0.25) is 5.95 Å². The molecular weight excluding hydrogens is 288 g/mol. The van der Waals surface area contributed by atoms with E-state index in [2.05, 4.69) is 20.2 Å². The summed E-state index contributed by atoms with van der Waals surface area (Å²) < 4.78 is 5.32. The van der Waals surface area contributed by atoms with Crippen molar-refractivity contribution >= 4 is 23.2 Å². The quantitative estimate of drug-likeness (QED) is 0.922. The average Bonchev–Trinajstić information content (AvgIpc) is 3.08. The van der Waals surface area contributed by atoms with Crippen LogP contribution in [0.25, 0.3) is 0 Å². The first kappa shape index (κ1) is 14.0. The van der Waals surface area contributed by atoms with Crippen molar-refractivity contribution in [3.63, 3.8) is 0 Å². The van der Waals surface area contributed by atoms with Crippen molar-refractivity contribution in [1.82, 2.24) is 15.3 Å². The highest BCUT2D eigenvalue weighted by atomic mass is 32.1. The Morgan fingerprint density at radius 1 is 1.38 bits per heavy atom. The van der Waals surface area contributed by atoms with E-state index in [9.17, 15) is 4.79 Å². The number of thiophene rings is 1. The van der Waals surface area contributed by atoms with E-state index in [0.717, 1.165) is 18.8 Å². The summed E-state index contributed by atoms with van der Waals surface area (Å²) in [7, 11) is 0. The molecule has 3 rings (SSSR count). The summed E-state index contributed by atoms with van der Waals surface area (Å²) in [6, 6.07) is 3.62. The Morgan fingerprint density at radius 2 is 2.24 bits per heavy atom. The lowest BCUT2D eigenvalue weighted by molar-refractivity contribution is 0.0951. The second-order valence-corrected chi connectivity index (χ2v) is 5.42. The predicted octanol–water partition coefficient (Wildman–Crippen LogP) is 1.30. The molecule has 0 aromatic carbocycles. The second kappa shape index (κ2) is 6.64. The zero-order valence-corrected chi connectivity index (χ0v) is 12.3. The van der Waals surface area contributed by atoms with Gasteiger partial charge in [0.25, 0.3) is 5.91 Å². The molecule has 1 aliphatic heterocycles. The van der Waals surface area contributed by atoms with Crippen molar-refractivity contribution in [3.05, 3.63) is 40.3 Å². The molecule has 21 heavy (non-hydrogen) atoms. The van der Waals surface area contributed by atoms with Gasteiger partial charge in [0.05, 0.1) is 25.5 Å². The number of nitrogens with zero attached hydrogens (tertiary/aromatic N) is 3. The molecule has 0 spiro atoms. The molecule has 0 saturated carbocycles. The standard InChI is InChI=1S/C14H16N4O2S/c19-13(11-2-8-21-10-11)16-9-12-1-3-15-14(17-12)18-4-6-20-7-5-18/h1-3,8,10H,4-7,9H2,(H,16,19). The fourth-order valence-corrected chi connectivity index (χ4v) is 2.70. The Labute approximate surface area is 126 Å². The van der Waals surface area contributed by atoms with Gasteiger partial charge in [0.1, 0.15) is 0 Å². The van der Waals surface area contributed by atoms with Gasteiger partial charge < -0.3 is 15.0 Å². The van der Waals surface area contributed by atoms with E-state index >= 15 is 0 Å². The fourth-order valence-electron chi connectivity index (χ4n) is 2.07. The molecule has 1 fully saturated rings. The molecule has 0 aliphatic carbocycles. The topological polar surface area (TPSA) is 67.4 Å². The number of carbonyl (C=O) groups is 1. The monoisotopic (exact) mass is 304 g/mol. The van der Waals surface area contributed by atoms with Crippen LogP contribution in [-0.2, 0) is 11.3 Å². The number of anilines is 1. The van der Waals surface area contributed by atoms with Crippen LogP contribution in [0.15, 0.2) is 29.1 Å². The smallest absolute Gasteiger partial charge is 0.252 e. The number of rotatable bonds is 4.